The van der Waals surface area contributed by atoms with Crippen LogP contribution >= 0.6 is 0 Å². The number of nitrogens with two attached hydrogens (primary N) is 1. The van der Waals surface area contributed by atoms with Gasteiger partial charge in [0, 0.05) is 18.1 Å². The number of carbonyl (C=O) groups is 1. The van der Waals surface area contributed by atoms with Gasteiger partial charge < -0.3 is 16.4 Å². The molecule has 0 aliphatic heterocycles. The van der Waals surface area contributed by atoms with E-state index in [1.165, 1.54) is 0 Å². The Morgan fingerprint density at radius 2 is 1.92 bits per heavy atom. The van der Waals surface area contributed by atoms with Crippen LogP contribution in [0, 0.1) is 0 Å². The molecule has 0 aromatic heterocycles. The SMILES string of the molecule is NC1CCCC1NC(=O)NC1CC1. The summed E-state index contributed by atoms with van der Waals surface area (Å²) in [6.45, 7) is 0. The van der Waals surface area contributed by atoms with Crippen molar-refractivity contribution in [3.05, 3.63) is 0 Å². The summed E-state index contributed by atoms with van der Waals surface area (Å²) >= 11 is 0. The third-order valence-electron chi connectivity index (χ3n) is 2.80. The molecule has 0 aromatic rings. The summed E-state index contributed by atoms with van der Waals surface area (Å²) in [6.07, 6.45) is 5.46. The van der Waals surface area contributed by atoms with E-state index in [2.05, 4.69) is 10.6 Å². The summed E-state index contributed by atoms with van der Waals surface area (Å²) in [5.41, 5.74) is 5.83. The molecule has 0 bridgehead atoms. The number of hydrogen-bond donors (Lipinski definition) is 3. The Hall–Kier alpha value is -0.770. The van der Waals surface area contributed by atoms with Crippen LogP contribution in [0.2, 0.25) is 0 Å². The second-order valence-corrected chi connectivity index (χ2v) is 4.09. The number of amides is 2. The van der Waals surface area contributed by atoms with Crippen molar-refractivity contribution < 1.29 is 4.79 Å². The molecule has 0 spiro atoms. The normalized spacial score (nSPS) is 33.0. The van der Waals surface area contributed by atoms with Crippen molar-refractivity contribution in [3.8, 4) is 0 Å². The molecule has 2 aliphatic rings. The molecule has 2 unspecified atom stereocenters. The summed E-state index contributed by atoms with van der Waals surface area (Å²) in [4.78, 5) is 11.3. The molecule has 0 heterocycles. The first-order valence-electron chi connectivity index (χ1n) is 5.08. The zero-order valence-electron chi connectivity index (χ0n) is 7.75. The van der Waals surface area contributed by atoms with Crippen molar-refractivity contribution in [1.82, 2.24) is 10.6 Å². The lowest BCUT2D eigenvalue weighted by Crippen LogP contribution is -2.48. The van der Waals surface area contributed by atoms with Gasteiger partial charge in [-0.1, -0.05) is 0 Å². The topological polar surface area (TPSA) is 67.1 Å². The van der Waals surface area contributed by atoms with Crippen LogP contribution in [0.3, 0.4) is 0 Å². The predicted octanol–water partition coefficient (Wildman–Crippen LogP) is 0.328. The Morgan fingerprint density at radius 1 is 1.15 bits per heavy atom. The summed E-state index contributed by atoms with van der Waals surface area (Å²) in [6, 6.07) is 0.742. The van der Waals surface area contributed by atoms with E-state index in [0.29, 0.717) is 6.04 Å². The van der Waals surface area contributed by atoms with Crippen molar-refractivity contribution in [1.29, 1.82) is 0 Å². The average molecular weight is 183 g/mol. The second-order valence-electron chi connectivity index (χ2n) is 4.09. The Bertz CT molecular complexity index is 203. The molecule has 13 heavy (non-hydrogen) atoms. The molecule has 74 valence electrons. The Kier molecular flexibility index (Phi) is 2.40. The summed E-state index contributed by atoms with van der Waals surface area (Å²) in [5, 5.41) is 5.82. The molecule has 0 saturated heterocycles. The van der Waals surface area contributed by atoms with E-state index < -0.39 is 0 Å². The van der Waals surface area contributed by atoms with Crippen LogP contribution in [-0.4, -0.2) is 24.2 Å². The first-order chi connectivity index (χ1) is 6.25. The van der Waals surface area contributed by atoms with E-state index in [0.717, 1.165) is 32.1 Å². The lowest BCUT2D eigenvalue weighted by molar-refractivity contribution is 0.235. The maximum atomic E-state index is 11.3. The third kappa shape index (κ3) is 2.34. The largest absolute Gasteiger partial charge is 0.335 e. The quantitative estimate of drug-likeness (QED) is 0.577. The first-order valence-corrected chi connectivity index (χ1v) is 5.08. The Morgan fingerprint density at radius 3 is 2.46 bits per heavy atom. The van der Waals surface area contributed by atoms with E-state index in [-0.39, 0.29) is 18.1 Å². The highest BCUT2D eigenvalue weighted by Gasteiger charge is 2.28. The first kappa shape index (κ1) is 8.81. The second kappa shape index (κ2) is 3.54. The average Bonchev–Trinajstić information content (AvgIpc) is 2.79. The van der Waals surface area contributed by atoms with E-state index in [1.54, 1.807) is 0 Å². The molecule has 2 saturated carbocycles. The molecule has 4 nitrogen and oxygen atoms in total. The minimum Gasteiger partial charge on any atom is -0.335 e. The van der Waals surface area contributed by atoms with Gasteiger partial charge in [-0.05, 0) is 32.1 Å². The van der Waals surface area contributed by atoms with Crippen LogP contribution in [0.5, 0.6) is 0 Å². The summed E-state index contributed by atoms with van der Waals surface area (Å²) in [7, 11) is 0. The van der Waals surface area contributed by atoms with Gasteiger partial charge in [-0.3, -0.25) is 0 Å². The molecule has 0 aromatic carbocycles. The van der Waals surface area contributed by atoms with Gasteiger partial charge in [0.25, 0.3) is 0 Å². The summed E-state index contributed by atoms with van der Waals surface area (Å²) in [5.74, 6) is 0. The number of nitrogens with one attached hydrogen (secondary N) is 2. The standard InChI is InChI=1S/C9H17N3O/c10-7-2-1-3-8(7)12-9(13)11-6-4-5-6/h6-8H,1-5,10H2,(H2,11,12,13). The highest BCUT2D eigenvalue weighted by atomic mass is 16.2. The highest BCUT2D eigenvalue weighted by Crippen LogP contribution is 2.19. The van der Waals surface area contributed by atoms with E-state index in [4.69, 9.17) is 5.73 Å². The van der Waals surface area contributed by atoms with Crippen LogP contribution < -0.4 is 16.4 Å². The van der Waals surface area contributed by atoms with Gasteiger partial charge >= 0.3 is 6.03 Å². The van der Waals surface area contributed by atoms with Gasteiger partial charge in [-0.2, -0.15) is 0 Å². The Labute approximate surface area is 78.2 Å². The molecule has 2 atom stereocenters. The van der Waals surface area contributed by atoms with Crippen molar-refractivity contribution in [2.75, 3.05) is 0 Å². The fourth-order valence-electron chi connectivity index (χ4n) is 1.79. The highest BCUT2D eigenvalue weighted by molar-refractivity contribution is 5.75. The number of urea groups is 1. The minimum absolute atomic E-state index is 0.0372. The van der Waals surface area contributed by atoms with E-state index in [9.17, 15) is 4.79 Å². The molecule has 2 amide bonds. The predicted molar refractivity (Wildman–Crippen MR) is 50.3 cm³/mol. The maximum Gasteiger partial charge on any atom is 0.315 e. The van der Waals surface area contributed by atoms with Crippen molar-refractivity contribution in [2.45, 2.75) is 50.2 Å². The molecule has 2 aliphatic carbocycles. The number of rotatable bonds is 2. The molecule has 2 fully saturated rings. The van der Waals surface area contributed by atoms with Gasteiger partial charge in [0.05, 0.1) is 0 Å². The number of carbonyl (C=O) groups excluding carboxylic acids is 1. The van der Waals surface area contributed by atoms with E-state index in [1.807, 2.05) is 0 Å². The van der Waals surface area contributed by atoms with Gasteiger partial charge in [0.15, 0.2) is 0 Å². The monoisotopic (exact) mass is 183 g/mol. The van der Waals surface area contributed by atoms with Crippen LogP contribution in [0.1, 0.15) is 32.1 Å². The summed E-state index contributed by atoms with van der Waals surface area (Å²) < 4.78 is 0. The maximum absolute atomic E-state index is 11.3. The lowest BCUT2D eigenvalue weighted by Gasteiger charge is -2.17. The lowest BCUT2D eigenvalue weighted by atomic mass is 10.2. The van der Waals surface area contributed by atoms with Crippen LogP contribution in [0.25, 0.3) is 0 Å². The van der Waals surface area contributed by atoms with Gasteiger partial charge in [0.2, 0.25) is 0 Å². The van der Waals surface area contributed by atoms with Crippen LogP contribution in [0.4, 0.5) is 4.79 Å². The molecule has 4 N–H and O–H groups in total. The van der Waals surface area contributed by atoms with Crippen molar-refractivity contribution >= 4 is 6.03 Å². The van der Waals surface area contributed by atoms with E-state index >= 15 is 0 Å². The smallest absolute Gasteiger partial charge is 0.315 e. The van der Waals surface area contributed by atoms with Crippen molar-refractivity contribution in [3.63, 3.8) is 0 Å². The van der Waals surface area contributed by atoms with Crippen molar-refractivity contribution in [2.24, 2.45) is 5.73 Å². The molecule has 0 radical (unpaired) electrons. The number of hydrogen-bond acceptors (Lipinski definition) is 2. The fourth-order valence-corrected chi connectivity index (χ4v) is 1.79. The zero-order chi connectivity index (χ0) is 9.26. The third-order valence-corrected chi connectivity index (χ3v) is 2.80. The van der Waals surface area contributed by atoms with Gasteiger partial charge in [0.1, 0.15) is 0 Å². The van der Waals surface area contributed by atoms with Gasteiger partial charge in [-0.25, -0.2) is 4.79 Å². The molecule has 4 heteroatoms. The molecular weight excluding hydrogens is 166 g/mol. The molecule has 2 rings (SSSR count). The Balaban J connectivity index is 1.72. The zero-order valence-corrected chi connectivity index (χ0v) is 7.75. The van der Waals surface area contributed by atoms with Crippen LogP contribution in [-0.2, 0) is 0 Å². The minimum atomic E-state index is -0.0372. The molecular formula is C9H17N3O. The fraction of sp³-hybridized carbons (Fsp3) is 0.889. The van der Waals surface area contributed by atoms with Crippen LogP contribution in [0.15, 0.2) is 0 Å². The van der Waals surface area contributed by atoms with Gasteiger partial charge in [-0.15, -0.1) is 0 Å².